The van der Waals surface area contributed by atoms with Gasteiger partial charge in [-0.25, -0.2) is 9.38 Å². The molecule has 32 heavy (non-hydrogen) atoms. The molecular weight excluding hydrogens is 421 g/mol. The summed E-state index contributed by atoms with van der Waals surface area (Å²) in [6.07, 6.45) is 1.90. The van der Waals surface area contributed by atoms with Gasteiger partial charge in [-0.1, -0.05) is 36.4 Å². The van der Waals surface area contributed by atoms with Crippen molar-refractivity contribution in [2.45, 2.75) is 13.8 Å². The first-order valence-corrected chi connectivity index (χ1v) is 11.0. The quantitative estimate of drug-likeness (QED) is 0.381. The third-order valence-electron chi connectivity index (χ3n) is 5.47. The zero-order valence-corrected chi connectivity index (χ0v) is 18.4. The summed E-state index contributed by atoms with van der Waals surface area (Å²) in [5.41, 5.74) is 4.84. The summed E-state index contributed by atoms with van der Waals surface area (Å²) in [7, 11) is 0. The number of hydrogen-bond acceptors (Lipinski definition) is 3. The average molecular weight is 442 g/mol. The van der Waals surface area contributed by atoms with Crippen LogP contribution in [0.15, 0.2) is 82.7 Å². The second-order valence-electron chi connectivity index (χ2n) is 7.62. The summed E-state index contributed by atoms with van der Waals surface area (Å²) in [5, 5.41) is 5.63. The SMILES string of the molecule is Cc1cc(C=C2SC(=Nc3ccc(F)cc3)NC2=O)c(C)n1-c1cccc2ccccc12. The van der Waals surface area contributed by atoms with E-state index in [1.165, 1.54) is 34.7 Å². The van der Waals surface area contributed by atoms with E-state index in [1.807, 2.05) is 18.2 Å². The van der Waals surface area contributed by atoms with Gasteiger partial charge in [0.1, 0.15) is 5.82 Å². The summed E-state index contributed by atoms with van der Waals surface area (Å²) >= 11 is 1.28. The first-order valence-electron chi connectivity index (χ1n) is 10.2. The van der Waals surface area contributed by atoms with Crippen molar-refractivity contribution in [2.24, 2.45) is 4.99 Å². The van der Waals surface area contributed by atoms with Crippen molar-refractivity contribution in [3.63, 3.8) is 0 Å². The van der Waals surface area contributed by atoms with E-state index in [0.717, 1.165) is 22.6 Å². The van der Waals surface area contributed by atoms with Gasteiger partial charge in [0.15, 0.2) is 5.17 Å². The number of rotatable bonds is 3. The van der Waals surface area contributed by atoms with Gasteiger partial charge in [0, 0.05) is 16.8 Å². The molecule has 4 aromatic rings. The van der Waals surface area contributed by atoms with Crippen LogP contribution < -0.4 is 5.32 Å². The van der Waals surface area contributed by atoms with Crippen molar-refractivity contribution in [1.29, 1.82) is 0 Å². The van der Waals surface area contributed by atoms with E-state index in [2.05, 4.69) is 65.1 Å². The summed E-state index contributed by atoms with van der Waals surface area (Å²) in [6.45, 7) is 4.13. The number of nitrogens with one attached hydrogen (secondary N) is 1. The third-order valence-corrected chi connectivity index (χ3v) is 6.38. The highest BCUT2D eigenvalue weighted by atomic mass is 32.2. The number of hydrogen-bond donors (Lipinski definition) is 1. The normalized spacial score (nSPS) is 16.3. The van der Waals surface area contributed by atoms with Crippen LogP contribution in [-0.4, -0.2) is 15.6 Å². The first kappa shape index (κ1) is 20.3. The molecule has 0 bridgehead atoms. The Bertz CT molecular complexity index is 1410. The molecule has 0 aliphatic carbocycles. The van der Waals surface area contributed by atoms with Crippen molar-refractivity contribution < 1.29 is 9.18 Å². The molecule has 3 aromatic carbocycles. The topological polar surface area (TPSA) is 46.4 Å². The summed E-state index contributed by atoms with van der Waals surface area (Å²) in [6, 6.07) is 22.5. The molecule has 1 fully saturated rings. The zero-order valence-electron chi connectivity index (χ0n) is 17.6. The van der Waals surface area contributed by atoms with Crippen molar-refractivity contribution in [3.05, 3.63) is 100 Å². The Morgan fingerprint density at radius 2 is 1.75 bits per heavy atom. The van der Waals surface area contributed by atoms with Crippen molar-refractivity contribution in [1.82, 2.24) is 9.88 Å². The van der Waals surface area contributed by atoms with Gasteiger partial charge < -0.3 is 9.88 Å². The van der Waals surface area contributed by atoms with Gasteiger partial charge in [-0.15, -0.1) is 0 Å². The maximum Gasteiger partial charge on any atom is 0.264 e. The lowest BCUT2D eigenvalue weighted by molar-refractivity contribution is -0.115. The Labute approximate surface area is 189 Å². The van der Waals surface area contributed by atoms with Crippen LogP contribution in [0.4, 0.5) is 10.1 Å². The van der Waals surface area contributed by atoms with Gasteiger partial charge in [0.05, 0.1) is 16.3 Å². The number of carbonyl (C=O) groups is 1. The van der Waals surface area contributed by atoms with E-state index >= 15 is 0 Å². The Hall–Kier alpha value is -3.64. The number of thioether (sulfide) groups is 1. The van der Waals surface area contributed by atoms with Crippen LogP contribution in [-0.2, 0) is 4.79 Å². The number of amides is 1. The van der Waals surface area contributed by atoms with E-state index in [-0.39, 0.29) is 11.7 Å². The molecule has 0 radical (unpaired) electrons. The molecule has 158 valence electrons. The average Bonchev–Trinajstić information content (AvgIpc) is 3.27. The van der Waals surface area contributed by atoms with E-state index in [1.54, 1.807) is 12.1 Å². The summed E-state index contributed by atoms with van der Waals surface area (Å²) in [4.78, 5) is 17.5. The molecule has 6 heteroatoms. The number of aliphatic imine (C=N–C) groups is 1. The van der Waals surface area contributed by atoms with Crippen LogP contribution in [0.5, 0.6) is 0 Å². The molecule has 1 amide bonds. The number of halogens is 1. The van der Waals surface area contributed by atoms with E-state index < -0.39 is 0 Å². The van der Waals surface area contributed by atoms with Crippen molar-refractivity contribution >= 4 is 45.4 Å². The molecule has 4 nitrogen and oxygen atoms in total. The monoisotopic (exact) mass is 441 g/mol. The van der Waals surface area contributed by atoms with Crippen molar-refractivity contribution in [3.8, 4) is 5.69 Å². The van der Waals surface area contributed by atoms with Crippen LogP contribution in [0.3, 0.4) is 0 Å². The maximum atomic E-state index is 13.1. The first-order chi connectivity index (χ1) is 15.5. The third kappa shape index (κ3) is 3.74. The van der Waals surface area contributed by atoms with Crippen molar-refractivity contribution in [2.75, 3.05) is 0 Å². The fourth-order valence-corrected chi connectivity index (χ4v) is 4.80. The fourth-order valence-electron chi connectivity index (χ4n) is 3.96. The molecule has 0 unspecified atom stereocenters. The maximum absolute atomic E-state index is 13.1. The lowest BCUT2D eigenvalue weighted by Crippen LogP contribution is -2.19. The highest BCUT2D eigenvalue weighted by molar-refractivity contribution is 8.18. The minimum absolute atomic E-state index is 0.189. The lowest BCUT2D eigenvalue weighted by Gasteiger charge is -2.13. The fraction of sp³-hybridized carbons (Fsp3) is 0.0769. The molecular formula is C26H20FN3OS. The van der Waals surface area contributed by atoms with E-state index in [9.17, 15) is 9.18 Å². The number of benzene rings is 3. The Kier molecular flexibility index (Phi) is 5.15. The predicted molar refractivity (Wildman–Crippen MR) is 130 cm³/mol. The van der Waals surface area contributed by atoms with Gasteiger partial charge in [-0.3, -0.25) is 4.79 Å². The van der Waals surface area contributed by atoms with Crippen LogP contribution in [0.2, 0.25) is 0 Å². The minimum Gasteiger partial charge on any atom is -0.317 e. The molecule has 0 atom stereocenters. The molecule has 0 saturated carbocycles. The van der Waals surface area contributed by atoms with E-state index in [0.29, 0.717) is 15.8 Å². The Morgan fingerprint density at radius 1 is 1.00 bits per heavy atom. The molecule has 1 saturated heterocycles. The Morgan fingerprint density at radius 3 is 2.56 bits per heavy atom. The highest BCUT2D eigenvalue weighted by Crippen LogP contribution is 2.32. The van der Waals surface area contributed by atoms with E-state index in [4.69, 9.17) is 0 Å². The van der Waals surface area contributed by atoms with Gasteiger partial charge >= 0.3 is 0 Å². The van der Waals surface area contributed by atoms with Gasteiger partial charge in [-0.05, 0) is 79.0 Å². The molecule has 1 aliphatic rings. The van der Waals surface area contributed by atoms with Crippen LogP contribution in [0.25, 0.3) is 22.5 Å². The van der Waals surface area contributed by atoms with Gasteiger partial charge in [-0.2, -0.15) is 0 Å². The van der Waals surface area contributed by atoms with Crippen LogP contribution in [0.1, 0.15) is 17.0 Å². The second kappa shape index (κ2) is 8.13. The second-order valence-corrected chi connectivity index (χ2v) is 8.65. The summed E-state index contributed by atoms with van der Waals surface area (Å²) in [5.74, 6) is -0.509. The largest absolute Gasteiger partial charge is 0.317 e. The predicted octanol–water partition coefficient (Wildman–Crippen LogP) is 6.28. The molecule has 1 N–H and O–H groups in total. The van der Waals surface area contributed by atoms with Crippen LogP contribution in [0, 0.1) is 19.7 Å². The standard InChI is InChI=1S/C26H20FN3OS/c1-16-14-19(17(2)30(16)23-9-5-7-18-6-3-4-8-22(18)23)15-24-25(31)29-26(32-24)28-21-12-10-20(27)11-13-21/h3-15H,1-2H3,(H,28,29,31). The lowest BCUT2D eigenvalue weighted by atomic mass is 10.1. The molecule has 5 rings (SSSR count). The molecule has 1 aliphatic heterocycles. The van der Waals surface area contributed by atoms with Crippen LogP contribution >= 0.6 is 11.8 Å². The number of aromatic nitrogens is 1. The summed E-state index contributed by atoms with van der Waals surface area (Å²) < 4.78 is 15.3. The zero-order chi connectivity index (χ0) is 22.2. The molecule has 1 aromatic heterocycles. The number of aryl methyl sites for hydroxylation is 1. The smallest absolute Gasteiger partial charge is 0.264 e. The highest BCUT2D eigenvalue weighted by Gasteiger charge is 2.24. The number of carbonyl (C=O) groups excluding carboxylic acids is 1. The van der Waals surface area contributed by atoms with Gasteiger partial charge in [0.2, 0.25) is 0 Å². The minimum atomic E-state index is -0.320. The van der Waals surface area contributed by atoms with Gasteiger partial charge in [0.25, 0.3) is 5.91 Å². The number of fused-ring (bicyclic) bond motifs is 1. The number of amidine groups is 1. The molecule has 2 heterocycles. The number of nitrogens with zero attached hydrogens (tertiary/aromatic N) is 2. The Balaban J connectivity index is 1.50. The molecule has 0 spiro atoms.